The lowest BCUT2D eigenvalue weighted by Crippen LogP contribution is -2.44. The summed E-state index contributed by atoms with van der Waals surface area (Å²) in [4.78, 5) is 66.0. The van der Waals surface area contributed by atoms with Gasteiger partial charge in [0.05, 0.1) is 42.2 Å². The quantitative estimate of drug-likeness (QED) is 0.0343. The van der Waals surface area contributed by atoms with E-state index in [2.05, 4.69) is 25.7 Å². The molecule has 0 saturated carbocycles. The van der Waals surface area contributed by atoms with Crippen LogP contribution in [-0.4, -0.2) is 138 Å². The Bertz CT molecular complexity index is 3010. The Morgan fingerprint density at radius 2 is 1.26 bits per heavy atom. The first-order valence-corrected chi connectivity index (χ1v) is 22.7. The largest absolute Gasteiger partial charge is 0.494 e. The normalized spacial score (nSPS) is 15.0. The first-order chi connectivity index (χ1) is 33.5. The Labute approximate surface area is 403 Å². The standard InChI is InChI=1S/C47H60N16O7/c1-8-62-35(18-27(3)56-62)43(66)54-46-52-33-20-29(41(48)64)22-37(68-7)39(33)59(46)14-10-11-15-60-40-34(53-47(60)55-44(67)36-19-28(4)57-63(36)9-2)21-30(42(49)65)23-38(40)70-17-13-12-16-69-32-24-31(25-58(5)6)61(26-32)45(50)51/h10-13,18-23,31-32H,8-9,14-17,24-26H2,1-7H3,(H2,48,64)(H2,49,65)(H3,50,51)(H,52,54,66)(H,53,55,67)/b11-10+,13-12+. The van der Waals surface area contributed by atoms with Gasteiger partial charge in [0.1, 0.15) is 40.5 Å². The number of nitrogens with one attached hydrogen (secondary N) is 3. The number of nitrogens with two attached hydrogens (primary N) is 3. The van der Waals surface area contributed by atoms with E-state index >= 15 is 0 Å². The number of ether oxygens (including phenoxy) is 3. The number of guanidine groups is 1. The number of allylic oxidation sites excluding steroid dienone is 2. The summed E-state index contributed by atoms with van der Waals surface area (Å²) in [6.45, 7) is 10.1. The van der Waals surface area contributed by atoms with Crippen molar-refractivity contribution >= 4 is 63.6 Å². The van der Waals surface area contributed by atoms with Crippen LogP contribution in [0.15, 0.2) is 60.7 Å². The Kier molecular flexibility index (Phi) is 15.3. The lowest BCUT2D eigenvalue weighted by atomic mass is 10.1. The molecule has 370 valence electrons. The molecular weight excluding hydrogens is 901 g/mol. The van der Waals surface area contributed by atoms with Crippen molar-refractivity contribution in [1.82, 2.24) is 48.5 Å². The van der Waals surface area contributed by atoms with Crippen molar-refractivity contribution in [1.29, 1.82) is 5.41 Å². The molecule has 23 heteroatoms. The molecule has 23 nitrogen and oxygen atoms in total. The highest BCUT2D eigenvalue weighted by atomic mass is 16.5. The number of amides is 4. The zero-order valence-electron chi connectivity index (χ0n) is 40.4. The van der Waals surface area contributed by atoms with Crippen molar-refractivity contribution < 1.29 is 33.4 Å². The number of anilines is 2. The number of rotatable bonds is 21. The first kappa shape index (κ1) is 49.8. The van der Waals surface area contributed by atoms with Crippen LogP contribution in [0.5, 0.6) is 11.5 Å². The molecule has 2 unspecified atom stereocenters. The van der Waals surface area contributed by atoms with Crippen molar-refractivity contribution in [2.75, 3.05) is 58.1 Å². The Morgan fingerprint density at radius 1 is 0.757 bits per heavy atom. The van der Waals surface area contributed by atoms with Gasteiger partial charge in [0.15, 0.2) is 5.96 Å². The number of methoxy groups -OCH3 is 1. The maximum Gasteiger partial charge on any atom is 0.276 e. The molecule has 70 heavy (non-hydrogen) atoms. The minimum Gasteiger partial charge on any atom is -0.494 e. The highest BCUT2D eigenvalue weighted by Gasteiger charge is 2.34. The molecule has 5 heterocycles. The van der Waals surface area contributed by atoms with Crippen molar-refractivity contribution in [3.8, 4) is 11.5 Å². The van der Waals surface area contributed by atoms with Crippen LogP contribution in [0.4, 0.5) is 11.9 Å². The molecule has 2 aromatic carbocycles. The minimum absolute atomic E-state index is 0.0162. The van der Waals surface area contributed by atoms with E-state index in [4.69, 9.17) is 46.8 Å². The molecule has 7 rings (SSSR count). The van der Waals surface area contributed by atoms with Gasteiger partial charge in [-0.25, -0.2) is 9.97 Å². The number of carbonyl (C=O) groups is 4. The highest BCUT2D eigenvalue weighted by Crippen LogP contribution is 2.33. The predicted octanol–water partition coefficient (Wildman–Crippen LogP) is 3.25. The van der Waals surface area contributed by atoms with Gasteiger partial charge in [0.25, 0.3) is 11.8 Å². The molecule has 1 saturated heterocycles. The van der Waals surface area contributed by atoms with Crippen molar-refractivity contribution in [3.05, 3.63) is 94.6 Å². The Balaban J connectivity index is 1.20. The fourth-order valence-corrected chi connectivity index (χ4v) is 8.54. The van der Waals surface area contributed by atoms with Crippen molar-refractivity contribution in [2.24, 2.45) is 17.2 Å². The van der Waals surface area contributed by atoms with Gasteiger partial charge in [-0.05, 0) is 90.7 Å². The predicted molar refractivity (Wildman–Crippen MR) is 263 cm³/mol. The number of likely N-dealkylation sites (tertiary alicyclic amines) is 1. The Morgan fingerprint density at radius 3 is 1.73 bits per heavy atom. The second kappa shape index (κ2) is 21.5. The number of fused-ring (bicyclic) bond motifs is 2. The van der Waals surface area contributed by atoms with Gasteiger partial charge < -0.3 is 50.3 Å². The fraction of sp³-hybridized carbons (Fsp3) is 0.383. The maximum atomic E-state index is 13.9. The monoisotopic (exact) mass is 960 g/mol. The minimum atomic E-state index is -0.704. The number of aromatic nitrogens is 8. The SMILES string of the molecule is CCn1nc(C)cc1C(=O)Nc1nc2cc(C(N)=O)cc(OC)c2n1C/C=C/Cn1c(NC(=O)c2cc(C)nn2CC)nc2cc(C(N)=O)cc(OC/C=C/COC3CC(CN(C)C)N(C(=N)N)C3)c21. The molecule has 1 fully saturated rings. The topological polar surface area (TPSA) is 300 Å². The number of hydrogen-bond donors (Lipinski definition) is 6. The Hall–Kier alpha value is -8.05. The first-order valence-electron chi connectivity index (χ1n) is 22.7. The highest BCUT2D eigenvalue weighted by molar-refractivity contribution is 6.05. The number of benzene rings is 2. The summed E-state index contributed by atoms with van der Waals surface area (Å²) in [5.41, 5.74) is 21.2. The molecular formula is C47H60N16O7. The van der Waals surface area contributed by atoms with E-state index in [9.17, 15) is 19.2 Å². The van der Waals surface area contributed by atoms with Gasteiger partial charge in [-0.2, -0.15) is 10.2 Å². The average Bonchev–Trinajstić information content (AvgIpc) is 4.14. The molecule has 0 bridgehead atoms. The van der Waals surface area contributed by atoms with E-state index in [0.29, 0.717) is 70.2 Å². The zero-order valence-corrected chi connectivity index (χ0v) is 40.4. The van der Waals surface area contributed by atoms with Crippen LogP contribution in [-0.2, 0) is 30.9 Å². The number of likely N-dealkylation sites (N-methyl/N-ethyl adjacent to an activating group) is 1. The van der Waals surface area contributed by atoms with E-state index in [1.807, 2.05) is 51.1 Å². The summed E-state index contributed by atoms with van der Waals surface area (Å²) >= 11 is 0. The maximum absolute atomic E-state index is 13.9. The van der Waals surface area contributed by atoms with Crippen LogP contribution in [0.1, 0.15) is 73.3 Å². The van der Waals surface area contributed by atoms with Crippen LogP contribution in [0.2, 0.25) is 0 Å². The number of nitrogens with zero attached hydrogens (tertiary/aromatic N) is 10. The van der Waals surface area contributed by atoms with Gasteiger partial charge in [0, 0.05) is 56.4 Å². The number of aryl methyl sites for hydroxylation is 4. The molecule has 0 radical (unpaired) electrons. The molecule has 2 atom stereocenters. The third kappa shape index (κ3) is 10.9. The zero-order chi connectivity index (χ0) is 50.4. The van der Waals surface area contributed by atoms with Crippen LogP contribution >= 0.6 is 0 Å². The molecule has 4 amide bonds. The van der Waals surface area contributed by atoms with Crippen LogP contribution in [0.25, 0.3) is 22.1 Å². The number of primary amides is 2. The van der Waals surface area contributed by atoms with Crippen LogP contribution in [0, 0.1) is 19.3 Å². The van der Waals surface area contributed by atoms with Gasteiger partial charge in [-0.15, -0.1) is 0 Å². The summed E-state index contributed by atoms with van der Waals surface area (Å²) in [7, 11) is 5.41. The lowest BCUT2D eigenvalue weighted by molar-refractivity contribution is 0.0837. The van der Waals surface area contributed by atoms with Gasteiger partial charge >= 0.3 is 0 Å². The molecule has 0 spiro atoms. The number of hydrogen-bond acceptors (Lipinski definition) is 13. The van der Waals surface area contributed by atoms with Crippen molar-refractivity contribution in [2.45, 2.75) is 72.4 Å². The molecule has 4 aromatic heterocycles. The molecule has 1 aliphatic rings. The molecule has 1 aliphatic heterocycles. The van der Waals surface area contributed by atoms with E-state index in [1.165, 1.54) is 31.4 Å². The summed E-state index contributed by atoms with van der Waals surface area (Å²) in [5.74, 6) is -1.39. The lowest BCUT2D eigenvalue weighted by Gasteiger charge is -2.26. The van der Waals surface area contributed by atoms with Crippen LogP contribution < -0.4 is 37.3 Å². The summed E-state index contributed by atoms with van der Waals surface area (Å²) < 4.78 is 24.8. The molecule has 9 N–H and O–H groups in total. The molecule has 0 aliphatic carbocycles. The van der Waals surface area contributed by atoms with E-state index < -0.39 is 23.6 Å². The summed E-state index contributed by atoms with van der Waals surface area (Å²) in [6.07, 6.45) is 7.89. The fourth-order valence-electron chi connectivity index (χ4n) is 8.54. The number of imidazole rings is 2. The summed E-state index contributed by atoms with van der Waals surface area (Å²) in [5, 5.41) is 22.7. The average molecular weight is 961 g/mol. The van der Waals surface area contributed by atoms with Gasteiger partial charge in [-0.3, -0.25) is 44.6 Å². The van der Waals surface area contributed by atoms with E-state index in [-0.39, 0.29) is 73.2 Å². The third-order valence-corrected chi connectivity index (χ3v) is 11.7. The summed E-state index contributed by atoms with van der Waals surface area (Å²) in [6, 6.07) is 9.53. The third-order valence-electron chi connectivity index (χ3n) is 11.7. The van der Waals surface area contributed by atoms with Crippen molar-refractivity contribution in [3.63, 3.8) is 0 Å². The molecule has 6 aromatic rings. The van der Waals surface area contributed by atoms with E-state index in [0.717, 1.165) is 13.0 Å². The second-order valence-corrected chi connectivity index (χ2v) is 17.0. The smallest absolute Gasteiger partial charge is 0.276 e. The van der Waals surface area contributed by atoms with Gasteiger partial charge in [0.2, 0.25) is 23.7 Å². The van der Waals surface area contributed by atoms with Gasteiger partial charge in [-0.1, -0.05) is 18.2 Å². The van der Waals surface area contributed by atoms with Crippen LogP contribution in [0.3, 0.4) is 0 Å². The van der Waals surface area contributed by atoms with E-state index in [1.54, 1.807) is 50.6 Å². The second-order valence-electron chi connectivity index (χ2n) is 17.0. The number of carbonyl (C=O) groups excluding carboxylic acids is 4.